The van der Waals surface area contributed by atoms with Crippen LogP contribution >= 0.6 is 0 Å². The van der Waals surface area contributed by atoms with E-state index in [1.54, 1.807) is 14.1 Å². The van der Waals surface area contributed by atoms with E-state index in [0.29, 0.717) is 6.61 Å². The van der Waals surface area contributed by atoms with Gasteiger partial charge in [-0.1, -0.05) is 71.3 Å². The van der Waals surface area contributed by atoms with E-state index < -0.39 is 0 Å². The van der Waals surface area contributed by atoms with Crippen molar-refractivity contribution in [2.24, 2.45) is 0 Å². The van der Waals surface area contributed by atoms with Crippen LogP contribution in [0.4, 0.5) is 0 Å². The Balaban J connectivity index is 0. The average molecular weight is 305 g/mol. The van der Waals surface area contributed by atoms with Crippen molar-refractivity contribution in [1.82, 2.24) is 5.06 Å². The van der Waals surface area contributed by atoms with Gasteiger partial charge < -0.3 is 10.1 Å². The van der Waals surface area contributed by atoms with Crippen LogP contribution in [0, 0.1) is 0 Å². The third-order valence-electron chi connectivity index (χ3n) is 2.74. The van der Waals surface area contributed by atoms with Crippen molar-refractivity contribution >= 4 is 0 Å². The number of hydroxylamine groups is 2. The molecular formula is C16H35NO4. The molecule has 0 aliphatic heterocycles. The van der Waals surface area contributed by atoms with Crippen LogP contribution in [-0.4, -0.2) is 31.0 Å². The van der Waals surface area contributed by atoms with Gasteiger partial charge >= 0.3 is 0 Å². The summed E-state index contributed by atoms with van der Waals surface area (Å²) >= 11 is 0. The van der Waals surface area contributed by atoms with E-state index in [1.807, 2.05) is 0 Å². The number of unbranched alkanes of at least 4 members (excludes halogenated alkanes) is 9. The summed E-state index contributed by atoms with van der Waals surface area (Å²) in [4.78, 5) is 9.12. The molecule has 0 bridgehead atoms. The third-order valence-corrected chi connectivity index (χ3v) is 2.74. The maximum Gasteiger partial charge on any atom is 0.125 e. The molecule has 0 spiro atoms. The zero-order valence-electron chi connectivity index (χ0n) is 14.2. The molecule has 0 aromatic rings. The Morgan fingerprint density at radius 3 is 1.76 bits per heavy atom. The van der Waals surface area contributed by atoms with Gasteiger partial charge in [0.25, 0.3) is 0 Å². The maximum atomic E-state index is 7.89. The van der Waals surface area contributed by atoms with E-state index in [4.69, 9.17) is 10.1 Å². The van der Waals surface area contributed by atoms with Gasteiger partial charge in [-0.3, -0.25) is 0 Å². The molecule has 0 fully saturated rings. The lowest BCUT2D eigenvalue weighted by molar-refractivity contribution is -0.489. The van der Waals surface area contributed by atoms with Gasteiger partial charge in [-0.05, 0) is 11.5 Å². The first-order valence-corrected chi connectivity index (χ1v) is 8.07. The normalized spacial score (nSPS) is 10.1. The second kappa shape index (κ2) is 21.7. The highest BCUT2D eigenvalue weighted by molar-refractivity contribution is 4.47. The van der Waals surface area contributed by atoms with Crippen molar-refractivity contribution in [1.29, 1.82) is 0 Å². The minimum absolute atomic E-state index is 0.588. The molecule has 0 aliphatic rings. The first kappa shape index (κ1) is 22.7. The fourth-order valence-corrected chi connectivity index (χ4v) is 1.74. The van der Waals surface area contributed by atoms with Gasteiger partial charge in [-0.15, -0.1) is 0 Å². The smallest absolute Gasteiger partial charge is 0.125 e. The van der Waals surface area contributed by atoms with Crippen molar-refractivity contribution in [3.05, 3.63) is 12.8 Å². The first-order valence-electron chi connectivity index (χ1n) is 8.07. The molecule has 0 atom stereocenters. The molecule has 0 aromatic heterocycles. The Morgan fingerprint density at radius 2 is 1.33 bits per heavy atom. The summed E-state index contributed by atoms with van der Waals surface area (Å²) in [6.07, 6.45) is 14.4. The molecule has 21 heavy (non-hydrogen) atoms. The van der Waals surface area contributed by atoms with E-state index in [-0.39, 0.29) is 0 Å². The van der Waals surface area contributed by atoms with Crippen LogP contribution < -0.4 is 0 Å². The molecule has 0 unspecified atom stereocenters. The standard InChI is InChI=1S/C14H28O3.C2H7NO/c1-3-5-6-7-8-9-10-11-12-13-14-16-17-15-4-2;1-3(2)4/h4H,2-3,5-14H2,1H3;4H,1-2H3. The SMILES string of the molecule is C=COOOCCCCCCCCCCCC.CN(C)O. The van der Waals surface area contributed by atoms with E-state index in [2.05, 4.69) is 23.4 Å². The minimum Gasteiger partial charge on any atom is -0.317 e. The molecular weight excluding hydrogens is 270 g/mol. The molecule has 0 aromatic carbocycles. The molecule has 1 N–H and O–H groups in total. The number of hydrogen-bond donors (Lipinski definition) is 1. The lowest BCUT2D eigenvalue weighted by Gasteiger charge is -2.02. The number of nitrogens with zero attached hydrogens (tertiary/aromatic N) is 1. The zero-order chi connectivity index (χ0) is 16.2. The van der Waals surface area contributed by atoms with Crippen LogP contribution in [-0.2, 0) is 14.8 Å². The fourth-order valence-electron chi connectivity index (χ4n) is 1.74. The Kier molecular flexibility index (Phi) is 23.4. The topological polar surface area (TPSA) is 51.2 Å². The van der Waals surface area contributed by atoms with Crippen LogP contribution in [0.2, 0.25) is 0 Å². The Bertz CT molecular complexity index is 186. The molecule has 0 amide bonds. The summed E-state index contributed by atoms with van der Waals surface area (Å²) < 4.78 is 0. The van der Waals surface area contributed by atoms with Crippen LogP contribution in [0.3, 0.4) is 0 Å². The maximum absolute atomic E-state index is 7.89. The highest BCUT2D eigenvalue weighted by Crippen LogP contribution is 2.10. The molecule has 5 heteroatoms. The predicted molar refractivity (Wildman–Crippen MR) is 85.6 cm³/mol. The molecule has 128 valence electrons. The summed E-state index contributed by atoms with van der Waals surface area (Å²) in [5.74, 6) is 0. The first-order chi connectivity index (χ1) is 10.1. The quantitative estimate of drug-likeness (QED) is 0.215. The van der Waals surface area contributed by atoms with Crippen LogP contribution in [0.5, 0.6) is 0 Å². The molecule has 0 radical (unpaired) electrons. The fraction of sp³-hybridized carbons (Fsp3) is 0.875. The van der Waals surface area contributed by atoms with Crippen LogP contribution in [0.1, 0.15) is 71.1 Å². The van der Waals surface area contributed by atoms with E-state index in [0.717, 1.165) is 11.5 Å². The van der Waals surface area contributed by atoms with Gasteiger partial charge in [0.05, 0.1) is 6.61 Å². The largest absolute Gasteiger partial charge is 0.317 e. The number of rotatable bonds is 14. The Morgan fingerprint density at radius 1 is 0.905 bits per heavy atom. The van der Waals surface area contributed by atoms with Crippen molar-refractivity contribution < 1.29 is 20.0 Å². The van der Waals surface area contributed by atoms with E-state index in [9.17, 15) is 0 Å². The monoisotopic (exact) mass is 305 g/mol. The van der Waals surface area contributed by atoms with Gasteiger partial charge in [-0.2, -0.15) is 9.95 Å². The van der Waals surface area contributed by atoms with Gasteiger partial charge in [0, 0.05) is 14.1 Å². The molecule has 0 aliphatic carbocycles. The lowest BCUT2D eigenvalue weighted by atomic mass is 10.1. The van der Waals surface area contributed by atoms with Gasteiger partial charge in [0.2, 0.25) is 0 Å². The van der Waals surface area contributed by atoms with Crippen molar-refractivity contribution in [3.8, 4) is 0 Å². The van der Waals surface area contributed by atoms with E-state index in [1.165, 1.54) is 64.0 Å². The average Bonchev–Trinajstić information content (AvgIpc) is 2.43. The third kappa shape index (κ3) is 32.7. The summed E-state index contributed by atoms with van der Waals surface area (Å²) in [5.41, 5.74) is 0. The highest BCUT2D eigenvalue weighted by atomic mass is 17.5. The zero-order valence-corrected chi connectivity index (χ0v) is 14.2. The molecule has 0 heterocycles. The Labute approximate surface area is 130 Å². The number of hydrogen-bond acceptors (Lipinski definition) is 5. The summed E-state index contributed by atoms with van der Waals surface area (Å²) in [6.45, 7) is 6.17. The van der Waals surface area contributed by atoms with Gasteiger partial charge in [-0.25, -0.2) is 0 Å². The van der Waals surface area contributed by atoms with E-state index >= 15 is 0 Å². The molecule has 0 saturated carbocycles. The minimum atomic E-state index is 0.588. The van der Waals surface area contributed by atoms with Crippen molar-refractivity contribution in [2.45, 2.75) is 71.1 Å². The lowest BCUT2D eigenvalue weighted by Crippen LogP contribution is -2.01. The van der Waals surface area contributed by atoms with Gasteiger partial charge in [0.1, 0.15) is 6.26 Å². The Hall–Kier alpha value is -0.620. The molecule has 0 rings (SSSR count). The second-order valence-corrected chi connectivity index (χ2v) is 5.18. The molecule has 5 nitrogen and oxygen atoms in total. The predicted octanol–water partition coefficient (Wildman–Crippen LogP) is 4.87. The van der Waals surface area contributed by atoms with Crippen molar-refractivity contribution in [3.63, 3.8) is 0 Å². The molecule has 0 saturated heterocycles. The summed E-state index contributed by atoms with van der Waals surface area (Å²) in [7, 11) is 3.11. The second-order valence-electron chi connectivity index (χ2n) is 5.18. The van der Waals surface area contributed by atoms with Crippen molar-refractivity contribution in [2.75, 3.05) is 20.7 Å². The highest BCUT2D eigenvalue weighted by Gasteiger charge is 1.93. The van der Waals surface area contributed by atoms with Crippen LogP contribution in [0.25, 0.3) is 0 Å². The van der Waals surface area contributed by atoms with Crippen LogP contribution in [0.15, 0.2) is 12.8 Å². The summed E-state index contributed by atoms with van der Waals surface area (Å²) in [5, 5.41) is 13.2. The summed E-state index contributed by atoms with van der Waals surface area (Å²) in [6, 6.07) is 0. The van der Waals surface area contributed by atoms with Gasteiger partial charge in [0.15, 0.2) is 0 Å².